The third-order valence-corrected chi connectivity index (χ3v) is 2.97. The lowest BCUT2D eigenvalue weighted by Crippen LogP contribution is -2.23. The maximum Gasteiger partial charge on any atom is 0.335 e. The average Bonchev–Trinajstić information content (AvgIpc) is 2.46. The molecular formula is C15H14N2O3. The number of carbonyl (C=O) groups excluding carboxylic acids is 1. The zero-order chi connectivity index (χ0) is 14.5. The van der Waals surface area contributed by atoms with E-state index in [0.29, 0.717) is 12.1 Å². The molecule has 102 valence electrons. The molecule has 1 aromatic carbocycles. The van der Waals surface area contributed by atoms with Gasteiger partial charge in [-0.3, -0.25) is 9.78 Å². The zero-order valence-electron chi connectivity index (χ0n) is 11.0. The van der Waals surface area contributed by atoms with Crippen molar-refractivity contribution >= 4 is 11.9 Å². The summed E-state index contributed by atoms with van der Waals surface area (Å²) in [6.45, 7) is 2.34. The molecule has 0 atom stereocenters. The van der Waals surface area contributed by atoms with Gasteiger partial charge in [-0.05, 0) is 48.4 Å². The van der Waals surface area contributed by atoms with Gasteiger partial charge in [0.2, 0.25) is 0 Å². The Bertz CT molecular complexity index is 636. The van der Waals surface area contributed by atoms with Crippen LogP contribution >= 0.6 is 0 Å². The van der Waals surface area contributed by atoms with E-state index < -0.39 is 5.97 Å². The number of aromatic nitrogens is 1. The van der Waals surface area contributed by atoms with E-state index >= 15 is 0 Å². The molecule has 0 fully saturated rings. The van der Waals surface area contributed by atoms with Crippen molar-refractivity contribution in [2.24, 2.45) is 0 Å². The first-order valence-electron chi connectivity index (χ1n) is 6.09. The van der Waals surface area contributed by atoms with E-state index in [-0.39, 0.29) is 11.5 Å². The number of aryl methyl sites for hydroxylation is 1. The van der Waals surface area contributed by atoms with Crippen LogP contribution in [-0.4, -0.2) is 22.0 Å². The quantitative estimate of drug-likeness (QED) is 0.890. The molecule has 1 aromatic heterocycles. The third-order valence-electron chi connectivity index (χ3n) is 2.97. The molecule has 2 rings (SSSR count). The Hall–Kier alpha value is -2.69. The van der Waals surface area contributed by atoms with E-state index in [9.17, 15) is 9.59 Å². The van der Waals surface area contributed by atoms with Gasteiger partial charge in [-0.2, -0.15) is 0 Å². The van der Waals surface area contributed by atoms with Crippen LogP contribution in [0.1, 0.15) is 31.8 Å². The predicted octanol–water partition coefficient (Wildman–Crippen LogP) is 2.02. The van der Waals surface area contributed by atoms with E-state index in [4.69, 9.17) is 5.11 Å². The fourth-order valence-corrected chi connectivity index (χ4v) is 1.74. The van der Waals surface area contributed by atoms with Gasteiger partial charge in [-0.1, -0.05) is 0 Å². The van der Waals surface area contributed by atoms with Crippen molar-refractivity contribution in [3.8, 4) is 0 Å². The highest BCUT2D eigenvalue weighted by atomic mass is 16.4. The van der Waals surface area contributed by atoms with Crippen LogP contribution in [-0.2, 0) is 6.54 Å². The number of nitrogens with one attached hydrogen (secondary N) is 1. The molecule has 0 aliphatic rings. The van der Waals surface area contributed by atoms with Gasteiger partial charge in [0.25, 0.3) is 5.91 Å². The van der Waals surface area contributed by atoms with Crippen molar-refractivity contribution in [1.29, 1.82) is 0 Å². The lowest BCUT2D eigenvalue weighted by atomic mass is 10.1. The number of hydrogen-bond acceptors (Lipinski definition) is 3. The van der Waals surface area contributed by atoms with E-state index in [1.54, 1.807) is 12.4 Å². The molecule has 20 heavy (non-hydrogen) atoms. The fourth-order valence-electron chi connectivity index (χ4n) is 1.74. The molecule has 2 N–H and O–H groups in total. The standard InChI is InChI=1S/C15H14N2O3/c1-10-8-16-7-6-13(10)9-17-14(18)11-2-4-12(5-3-11)15(19)20/h2-8H,9H2,1H3,(H,17,18)(H,19,20). The second-order valence-electron chi connectivity index (χ2n) is 4.37. The molecule has 0 saturated carbocycles. The Balaban J connectivity index is 2.02. The SMILES string of the molecule is Cc1cnccc1CNC(=O)c1ccc(C(=O)O)cc1. The van der Waals surface area contributed by atoms with Gasteiger partial charge in [0.1, 0.15) is 0 Å². The Morgan fingerprint density at radius 3 is 2.40 bits per heavy atom. The summed E-state index contributed by atoms with van der Waals surface area (Å²) >= 11 is 0. The highest BCUT2D eigenvalue weighted by Crippen LogP contribution is 2.07. The number of carboxylic acids is 1. The molecule has 5 nitrogen and oxygen atoms in total. The van der Waals surface area contributed by atoms with Crippen molar-refractivity contribution in [1.82, 2.24) is 10.3 Å². The van der Waals surface area contributed by atoms with E-state index in [1.165, 1.54) is 24.3 Å². The molecule has 0 radical (unpaired) electrons. The molecule has 0 aliphatic heterocycles. The second-order valence-corrected chi connectivity index (χ2v) is 4.37. The van der Waals surface area contributed by atoms with Gasteiger partial charge in [0, 0.05) is 24.5 Å². The summed E-state index contributed by atoms with van der Waals surface area (Å²) in [5, 5.41) is 11.6. The molecule has 1 heterocycles. The van der Waals surface area contributed by atoms with Crippen molar-refractivity contribution in [2.75, 3.05) is 0 Å². The molecule has 0 unspecified atom stereocenters. The zero-order valence-corrected chi connectivity index (χ0v) is 11.0. The van der Waals surface area contributed by atoms with Crippen LogP contribution in [0.3, 0.4) is 0 Å². The van der Waals surface area contributed by atoms with Gasteiger partial charge in [-0.25, -0.2) is 4.79 Å². The maximum atomic E-state index is 11.9. The van der Waals surface area contributed by atoms with Crippen molar-refractivity contribution in [3.05, 3.63) is 65.0 Å². The van der Waals surface area contributed by atoms with E-state index in [1.807, 2.05) is 13.0 Å². The molecule has 2 aromatic rings. The summed E-state index contributed by atoms with van der Waals surface area (Å²) in [5.41, 5.74) is 2.60. The average molecular weight is 270 g/mol. The third kappa shape index (κ3) is 3.20. The van der Waals surface area contributed by atoms with Crippen molar-refractivity contribution in [2.45, 2.75) is 13.5 Å². The van der Waals surface area contributed by atoms with Gasteiger partial charge in [-0.15, -0.1) is 0 Å². The van der Waals surface area contributed by atoms with Crippen LogP contribution in [0.15, 0.2) is 42.7 Å². The van der Waals surface area contributed by atoms with Crippen molar-refractivity contribution in [3.63, 3.8) is 0 Å². The Labute approximate surface area is 116 Å². The lowest BCUT2D eigenvalue weighted by Gasteiger charge is -2.07. The number of benzene rings is 1. The number of rotatable bonds is 4. The summed E-state index contributed by atoms with van der Waals surface area (Å²) in [4.78, 5) is 26.6. The number of amides is 1. The van der Waals surface area contributed by atoms with Crippen LogP contribution in [0.5, 0.6) is 0 Å². The summed E-state index contributed by atoms with van der Waals surface area (Å²) in [6.07, 6.45) is 3.42. The first-order chi connectivity index (χ1) is 9.58. The molecule has 0 saturated heterocycles. The van der Waals surface area contributed by atoms with Gasteiger partial charge >= 0.3 is 5.97 Å². The summed E-state index contributed by atoms with van der Waals surface area (Å²) in [6, 6.07) is 7.67. The normalized spacial score (nSPS) is 10.1. The number of hydrogen-bond donors (Lipinski definition) is 2. The molecule has 0 aliphatic carbocycles. The summed E-state index contributed by atoms with van der Waals surface area (Å²) in [5.74, 6) is -1.25. The van der Waals surface area contributed by atoms with Gasteiger partial charge in [0.05, 0.1) is 5.56 Å². The predicted molar refractivity (Wildman–Crippen MR) is 73.5 cm³/mol. The van der Waals surface area contributed by atoms with Gasteiger partial charge < -0.3 is 10.4 Å². The monoisotopic (exact) mass is 270 g/mol. The topological polar surface area (TPSA) is 79.3 Å². The maximum absolute atomic E-state index is 11.9. The highest BCUT2D eigenvalue weighted by molar-refractivity contribution is 5.95. The van der Waals surface area contributed by atoms with E-state index in [2.05, 4.69) is 10.3 Å². The number of carboxylic acid groups (broad SMARTS) is 1. The highest BCUT2D eigenvalue weighted by Gasteiger charge is 2.08. The van der Waals surface area contributed by atoms with E-state index in [0.717, 1.165) is 11.1 Å². The van der Waals surface area contributed by atoms with Crippen LogP contribution in [0.4, 0.5) is 0 Å². The smallest absolute Gasteiger partial charge is 0.335 e. The molecule has 5 heteroatoms. The lowest BCUT2D eigenvalue weighted by molar-refractivity contribution is 0.0696. The van der Waals surface area contributed by atoms with Crippen LogP contribution in [0, 0.1) is 6.92 Å². The van der Waals surface area contributed by atoms with Gasteiger partial charge in [0.15, 0.2) is 0 Å². The molecule has 0 spiro atoms. The minimum absolute atomic E-state index is 0.159. The number of carbonyl (C=O) groups is 2. The summed E-state index contributed by atoms with van der Waals surface area (Å²) < 4.78 is 0. The first-order valence-corrected chi connectivity index (χ1v) is 6.09. The van der Waals surface area contributed by atoms with Crippen molar-refractivity contribution < 1.29 is 14.7 Å². The van der Waals surface area contributed by atoms with Crippen LogP contribution < -0.4 is 5.32 Å². The first kappa shape index (κ1) is 13.7. The van der Waals surface area contributed by atoms with Crippen LogP contribution in [0.2, 0.25) is 0 Å². The Morgan fingerprint density at radius 2 is 1.80 bits per heavy atom. The fraction of sp³-hybridized carbons (Fsp3) is 0.133. The van der Waals surface area contributed by atoms with Crippen LogP contribution in [0.25, 0.3) is 0 Å². The number of nitrogens with zero attached hydrogens (tertiary/aromatic N) is 1. The largest absolute Gasteiger partial charge is 0.478 e. The second kappa shape index (κ2) is 5.97. The molecule has 0 bridgehead atoms. The number of pyridine rings is 1. The summed E-state index contributed by atoms with van der Waals surface area (Å²) in [7, 11) is 0. The number of aromatic carboxylic acids is 1. The molecular weight excluding hydrogens is 256 g/mol. The minimum atomic E-state index is -1.01. The molecule has 1 amide bonds. The Morgan fingerprint density at radius 1 is 1.15 bits per heavy atom. The minimum Gasteiger partial charge on any atom is -0.478 e. The Kier molecular flexibility index (Phi) is 4.10.